The van der Waals surface area contributed by atoms with Crippen LogP contribution in [0, 0.1) is 12.8 Å². The fourth-order valence-corrected chi connectivity index (χ4v) is 0.739. The van der Waals surface area contributed by atoms with Crippen molar-refractivity contribution in [2.24, 2.45) is 5.92 Å². The highest BCUT2D eigenvalue weighted by molar-refractivity contribution is 4.53. The second kappa shape index (κ2) is 6.09. The first-order valence-corrected chi connectivity index (χ1v) is 3.59. The van der Waals surface area contributed by atoms with Crippen LogP contribution in [-0.2, 0) is 4.74 Å². The van der Waals surface area contributed by atoms with Crippen molar-refractivity contribution in [3.63, 3.8) is 0 Å². The zero-order valence-electron chi connectivity index (χ0n) is 6.52. The average Bonchev–Trinajstić information content (AvgIpc) is 1.80. The van der Waals surface area contributed by atoms with Crippen molar-refractivity contribution in [2.75, 3.05) is 13.7 Å². The first-order chi connectivity index (χ1) is 4.27. The van der Waals surface area contributed by atoms with Crippen LogP contribution in [0.15, 0.2) is 0 Å². The van der Waals surface area contributed by atoms with Gasteiger partial charge in [0.05, 0.1) is 0 Å². The predicted molar refractivity (Wildman–Crippen MR) is 40.2 cm³/mol. The summed E-state index contributed by atoms with van der Waals surface area (Å²) in [6.45, 7) is 6.94. The topological polar surface area (TPSA) is 9.23 Å². The summed E-state index contributed by atoms with van der Waals surface area (Å²) in [6, 6.07) is 0. The summed E-state index contributed by atoms with van der Waals surface area (Å²) in [5.74, 6) is 0.599. The number of rotatable bonds is 5. The molecule has 1 atom stereocenters. The molecule has 1 radical (unpaired) electrons. The van der Waals surface area contributed by atoms with Gasteiger partial charge in [-0.05, 0) is 12.3 Å². The fourth-order valence-electron chi connectivity index (χ4n) is 0.739. The molecule has 0 aliphatic heterocycles. The highest BCUT2D eigenvalue weighted by Crippen LogP contribution is 2.04. The molecule has 9 heavy (non-hydrogen) atoms. The van der Waals surface area contributed by atoms with Crippen molar-refractivity contribution < 1.29 is 4.74 Å². The lowest BCUT2D eigenvalue weighted by Gasteiger charge is -2.02. The molecule has 0 fully saturated rings. The Morgan fingerprint density at radius 2 is 2.11 bits per heavy atom. The van der Waals surface area contributed by atoms with E-state index in [0.29, 0.717) is 5.92 Å². The minimum absolute atomic E-state index is 0.599. The largest absolute Gasteiger partial charge is 0.385 e. The Balaban J connectivity index is 2.75. The molecule has 0 aliphatic rings. The smallest absolute Gasteiger partial charge is 0.0462 e. The van der Waals surface area contributed by atoms with E-state index in [2.05, 4.69) is 13.8 Å². The van der Waals surface area contributed by atoms with Crippen LogP contribution in [0.25, 0.3) is 0 Å². The summed E-state index contributed by atoms with van der Waals surface area (Å²) in [4.78, 5) is 0. The van der Waals surface area contributed by atoms with Crippen molar-refractivity contribution in [2.45, 2.75) is 26.2 Å². The lowest BCUT2D eigenvalue weighted by Crippen LogP contribution is -1.91. The summed E-state index contributed by atoms with van der Waals surface area (Å²) in [5, 5.41) is 0. The van der Waals surface area contributed by atoms with E-state index < -0.39 is 0 Å². The van der Waals surface area contributed by atoms with Crippen molar-refractivity contribution >= 4 is 0 Å². The maximum atomic E-state index is 4.90. The van der Waals surface area contributed by atoms with Crippen LogP contribution in [0.3, 0.4) is 0 Å². The Morgan fingerprint density at radius 3 is 2.56 bits per heavy atom. The van der Waals surface area contributed by atoms with Gasteiger partial charge in [0.1, 0.15) is 0 Å². The second-order valence-corrected chi connectivity index (χ2v) is 2.59. The molecule has 0 aromatic heterocycles. The first-order valence-electron chi connectivity index (χ1n) is 3.59. The number of methoxy groups -OCH3 is 1. The van der Waals surface area contributed by atoms with Crippen molar-refractivity contribution in [3.8, 4) is 0 Å². The number of ether oxygens (including phenoxy) is 1. The lowest BCUT2D eigenvalue weighted by molar-refractivity contribution is 0.191. The molecule has 1 unspecified atom stereocenters. The molecule has 0 N–H and O–H groups in total. The monoisotopic (exact) mass is 129 g/mol. The third-order valence-corrected chi connectivity index (χ3v) is 1.30. The van der Waals surface area contributed by atoms with Gasteiger partial charge in [-0.1, -0.05) is 26.7 Å². The Bertz CT molecular complexity index is 50.5. The van der Waals surface area contributed by atoms with E-state index in [4.69, 9.17) is 4.74 Å². The van der Waals surface area contributed by atoms with Crippen molar-refractivity contribution in [1.82, 2.24) is 0 Å². The van der Waals surface area contributed by atoms with Gasteiger partial charge in [0, 0.05) is 13.7 Å². The minimum atomic E-state index is 0.599. The fraction of sp³-hybridized carbons (Fsp3) is 0.875. The molecule has 0 amide bonds. The SMILES string of the molecule is [CH2]C(C)CCCCOC. The summed E-state index contributed by atoms with van der Waals surface area (Å²) in [7, 11) is 1.74. The van der Waals surface area contributed by atoms with Crippen LogP contribution in [0.2, 0.25) is 0 Å². The molecule has 0 heterocycles. The van der Waals surface area contributed by atoms with Gasteiger partial charge in [-0.3, -0.25) is 0 Å². The quantitative estimate of drug-likeness (QED) is 0.517. The molecule has 1 heteroatoms. The van der Waals surface area contributed by atoms with Crippen LogP contribution in [0.4, 0.5) is 0 Å². The van der Waals surface area contributed by atoms with Crippen LogP contribution in [0.5, 0.6) is 0 Å². The summed E-state index contributed by atoms with van der Waals surface area (Å²) in [6.07, 6.45) is 3.65. The van der Waals surface area contributed by atoms with Crippen LogP contribution >= 0.6 is 0 Å². The zero-order valence-corrected chi connectivity index (χ0v) is 6.52. The molecule has 1 nitrogen and oxygen atoms in total. The first kappa shape index (κ1) is 8.96. The van der Waals surface area contributed by atoms with E-state index in [-0.39, 0.29) is 0 Å². The van der Waals surface area contributed by atoms with E-state index in [1.165, 1.54) is 19.3 Å². The molecular weight excluding hydrogens is 112 g/mol. The molecule has 0 aromatic rings. The number of hydrogen-bond acceptors (Lipinski definition) is 1. The van der Waals surface area contributed by atoms with Gasteiger partial charge in [-0.25, -0.2) is 0 Å². The minimum Gasteiger partial charge on any atom is -0.385 e. The average molecular weight is 129 g/mol. The third kappa shape index (κ3) is 7.96. The van der Waals surface area contributed by atoms with Gasteiger partial charge in [0.15, 0.2) is 0 Å². The maximum Gasteiger partial charge on any atom is 0.0462 e. The van der Waals surface area contributed by atoms with E-state index in [0.717, 1.165) is 6.61 Å². The van der Waals surface area contributed by atoms with E-state index in [9.17, 15) is 0 Å². The Hall–Kier alpha value is -0.0400. The normalized spacial score (nSPS) is 10.7. The summed E-state index contributed by atoms with van der Waals surface area (Å²) in [5.41, 5.74) is 0. The molecule has 0 saturated carbocycles. The van der Waals surface area contributed by atoms with E-state index in [1.807, 2.05) is 0 Å². The Labute approximate surface area is 58.4 Å². The van der Waals surface area contributed by atoms with Crippen LogP contribution in [0.1, 0.15) is 26.2 Å². The number of hydrogen-bond donors (Lipinski definition) is 0. The lowest BCUT2D eigenvalue weighted by atomic mass is 10.1. The Morgan fingerprint density at radius 1 is 1.44 bits per heavy atom. The predicted octanol–water partition coefficient (Wildman–Crippen LogP) is 2.27. The van der Waals surface area contributed by atoms with Gasteiger partial charge < -0.3 is 4.74 Å². The Kier molecular flexibility index (Phi) is 6.06. The molecule has 0 spiro atoms. The maximum absolute atomic E-state index is 4.90. The summed E-state index contributed by atoms with van der Waals surface area (Å²) >= 11 is 0. The van der Waals surface area contributed by atoms with Gasteiger partial charge in [-0.2, -0.15) is 0 Å². The van der Waals surface area contributed by atoms with Crippen molar-refractivity contribution in [1.29, 1.82) is 0 Å². The standard InChI is InChI=1S/C8H17O/c1-8(2)6-4-5-7-9-3/h8H,1,4-7H2,2-3H3. The molecule has 0 aromatic carbocycles. The second-order valence-electron chi connectivity index (χ2n) is 2.59. The molecular formula is C8H17O. The van der Waals surface area contributed by atoms with Crippen LogP contribution in [-0.4, -0.2) is 13.7 Å². The van der Waals surface area contributed by atoms with Crippen LogP contribution < -0.4 is 0 Å². The third-order valence-electron chi connectivity index (χ3n) is 1.30. The van der Waals surface area contributed by atoms with Crippen molar-refractivity contribution in [3.05, 3.63) is 6.92 Å². The molecule has 55 valence electrons. The van der Waals surface area contributed by atoms with Gasteiger partial charge in [0.2, 0.25) is 0 Å². The molecule has 0 bridgehead atoms. The molecule has 0 saturated heterocycles. The van der Waals surface area contributed by atoms with Gasteiger partial charge >= 0.3 is 0 Å². The van der Waals surface area contributed by atoms with Gasteiger partial charge in [0.25, 0.3) is 0 Å². The number of unbranched alkanes of at least 4 members (excludes halogenated alkanes) is 1. The highest BCUT2D eigenvalue weighted by atomic mass is 16.5. The summed E-state index contributed by atoms with van der Waals surface area (Å²) < 4.78 is 4.90. The highest BCUT2D eigenvalue weighted by Gasteiger charge is 1.92. The zero-order chi connectivity index (χ0) is 7.11. The molecule has 0 rings (SSSR count). The van der Waals surface area contributed by atoms with E-state index >= 15 is 0 Å². The van der Waals surface area contributed by atoms with Gasteiger partial charge in [-0.15, -0.1) is 0 Å². The molecule has 0 aliphatic carbocycles. The van der Waals surface area contributed by atoms with E-state index in [1.54, 1.807) is 7.11 Å².